The smallest absolute Gasteiger partial charge is 0.306 e. The van der Waals surface area contributed by atoms with Crippen molar-refractivity contribution in [1.29, 1.82) is 0 Å². The van der Waals surface area contributed by atoms with Crippen LogP contribution in [0, 0.1) is 19.8 Å². The summed E-state index contributed by atoms with van der Waals surface area (Å²) in [5.74, 6) is -1.13. The summed E-state index contributed by atoms with van der Waals surface area (Å²) >= 11 is 6.40. The first kappa shape index (κ1) is 20.1. The van der Waals surface area contributed by atoms with E-state index in [-0.39, 0.29) is 17.7 Å². The van der Waals surface area contributed by atoms with E-state index in [9.17, 15) is 9.59 Å². The summed E-state index contributed by atoms with van der Waals surface area (Å²) in [6, 6.07) is 5.28. The number of carboxylic acid groups (broad SMARTS) is 1. The largest absolute Gasteiger partial charge is 0.489 e. The third-order valence-corrected chi connectivity index (χ3v) is 5.30. The van der Waals surface area contributed by atoms with Crippen LogP contribution in [0.4, 0.5) is 0 Å². The Kier molecular flexibility index (Phi) is 5.84. The van der Waals surface area contributed by atoms with E-state index in [0.717, 1.165) is 0 Å². The topological polar surface area (TPSA) is 115 Å². The SMILES string of the molecule is Cc1nc(C)c(-c2ccc(OC3CCC(C(=O)O)CC3)c(Cl)c2)nc1C(N)=O. The number of benzene rings is 1. The van der Waals surface area contributed by atoms with Crippen molar-refractivity contribution < 1.29 is 19.4 Å². The lowest BCUT2D eigenvalue weighted by Crippen LogP contribution is -2.27. The van der Waals surface area contributed by atoms with Crippen LogP contribution in [-0.4, -0.2) is 33.1 Å². The summed E-state index contributed by atoms with van der Waals surface area (Å²) in [6.45, 7) is 3.49. The Labute approximate surface area is 167 Å². The number of ether oxygens (including phenoxy) is 1. The van der Waals surface area contributed by atoms with Crippen molar-refractivity contribution in [3.05, 3.63) is 40.3 Å². The molecule has 3 rings (SSSR count). The Hall–Kier alpha value is -2.67. The highest BCUT2D eigenvalue weighted by molar-refractivity contribution is 6.32. The third-order valence-electron chi connectivity index (χ3n) is 5.00. The van der Waals surface area contributed by atoms with Gasteiger partial charge >= 0.3 is 5.97 Å². The van der Waals surface area contributed by atoms with E-state index in [4.69, 9.17) is 27.2 Å². The minimum Gasteiger partial charge on any atom is -0.489 e. The second-order valence-corrected chi connectivity index (χ2v) is 7.44. The zero-order chi connectivity index (χ0) is 20.4. The molecule has 1 aromatic heterocycles. The van der Waals surface area contributed by atoms with Gasteiger partial charge in [0.1, 0.15) is 11.4 Å². The van der Waals surface area contributed by atoms with Crippen LogP contribution in [0.5, 0.6) is 5.75 Å². The molecule has 8 heteroatoms. The van der Waals surface area contributed by atoms with Gasteiger partial charge in [-0.25, -0.2) is 4.98 Å². The van der Waals surface area contributed by atoms with Gasteiger partial charge in [0.25, 0.3) is 5.91 Å². The molecule has 0 unspecified atom stereocenters. The van der Waals surface area contributed by atoms with Crippen molar-refractivity contribution in [2.24, 2.45) is 11.7 Å². The van der Waals surface area contributed by atoms with Crippen molar-refractivity contribution in [3.8, 4) is 17.0 Å². The normalized spacial score (nSPS) is 19.2. The molecule has 1 saturated carbocycles. The van der Waals surface area contributed by atoms with Crippen LogP contribution in [0.3, 0.4) is 0 Å². The standard InChI is InChI=1S/C20H22ClN3O4/c1-10-17(24-18(19(22)25)11(2)23-10)13-5-8-16(15(21)9-13)28-14-6-3-12(4-7-14)20(26)27/h5,8-9,12,14H,3-4,6-7H2,1-2H3,(H2,22,25)(H,26,27). The predicted molar refractivity (Wildman–Crippen MR) is 104 cm³/mol. The van der Waals surface area contributed by atoms with Gasteiger partial charge in [0, 0.05) is 5.56 Å². The van der Waals surface area contributed by atoms with Crippen LogP contribution in [0.1, 0.15) is 47.6 Å². The Morgan fingerprint density at radius 2 is 1.82 bits per heavy atom. The molecule has 2 aromatic rings. The van der Waals surface area contributed by atoms with Gasteiger partial charge in [0.15, 0.2) is 0 Å². The van der Waals surface area contributed by atoms with Crippen LogP contribution < -0.4 is 10.5 Å². The van der Waals surface area contributed by atoms with Gasteiger partial charge in [0.05, 0.1) is 34.1 Å². The van der Waals surface area contributed by atoms with Crippen molar-refractivity contribution in [2.45, 2.75) is 45.6 Å². The number of amides is 1. The average molecular weight is 404 g/mol. The summed E-state index contributed by atoms with van der Waals surface area (Å²) in [5.41, 5.74) is 7.90. The van der Waals surface area contributed by atoms with Gasteiger partial charge in [-0.2, -0.15) is 0 Å². The first-order chi connectivity index (χ1) is 13.3. The summed E-state index contributed by atoms with van der Waals surface area (Å²) in [7, 11) is 0. The molecule has 0 saturated heterocycles. The van der Waals surface area contributed by atoms with Gasteiger partial charge in [-0.3, -0.25) is 14.6 Å². The number of aromatic nitrogens is 2. The first-order valence-corrected chi connectivity index (χ1v) is 9.48. The Morgan fingerprint density at radius 1 is 1.14 bits per heavy atom. The average Bonchev–Trinajstić information content (AvgIpc) is 2.63. The zero-order valence-corrected chi connectivity index (χ0v) is 16.5. The lowest BCUT2D eigenvalue weighted by Gasteiger charge is -2.27. The van der Waals surface area contributed by atoms with E-state index in [0.29, 0.717) is 59.1 Å². The number of nitrogens with zero attached hydrogens (tertiary/aromatic N) is 2. The maximum Gasteiger partial charge on any atom is 0.306 e. The molecule has 28 heavy (non-hydrogen) atoms. The fourth-order valence-electron chi connectivity index (χ4n) is 3.49. The van der Waals surface area contributed by atoms with E-state index < -0.39 is 11.9 Å². The van der Waals surface area contributed by atoms with E-state index in [1.807, 2.05) is 0 Å². The van der Waals surface area contributed by atoms with Gasteiger partial charge < -0.3 is 15.6 Å². The molecule has 0 aliphatic heterocycles. The number of hydrogen-bond donors (Lipinski definition) is 2. The van der Waals surface area contributed by atoms with E-state index in [1.165, 1.54) is 0 Å². The minimum absolute atomic E-state index is 0.0543. The molecule has 148 valence electrons. The molecule has 3 N–H and O–H groups in total. The van der Waals surface area contributed by atoms with Crippen molar-refractivity contribution in [1.82, 2.24) is 9.97 Å². The van der Waals surface area contributed by atoms with Crippen LogP contribution in [0.15, 0.2) is 18.2 Å². The monoisotopic (exact) mass is 403 g/mol. The number of primary amides is 1. The molecular formula is C20H22ClN3O4. The lowest BCUT2D eigenvalue weighted by molar-refractivity contribution is -0.143. The molecule has 0 bridgehead atoms. The first-order valence-electron chi connectivity index (χ1n) is 9.10. The van der Waals surface area contributed by atoms with E-state index >= 15 is 0 Å². The number of carbonyl (C=O) groups is 2. The Bertz CT molecular complexity index is 924. The fraction of sp³-hybridized carbons (Fsp3) is 0.400. The highest BCUT2D eigenvalue weighted by Gasteiger charge is 2.27. The van der Waals surface area contributed by atoms with Crippen LogP contribution >= 0.6 is 11.6 Å². The van der Waals surface area contributed by atoms with Crippen LogP contribution in [0.25, 0.3) is 11.3 Å². The highest BCUT2D eigenvalue weighted by atomic mass is 35.5. The number of aryl methyl sites for hydroxylation is 2. The van der Waals surface area contributed by atoms with Crippen molar-refractivity contribution in [2.75, 3.05) is 0 Å². The summed E-state index contributed by atoms with van der Waals surface area (Å²) < 4.78 is 5.98. The summed E-state index contributed by atoms with van der Waals surface area (Å²) in [6.07, 6.45) is 2.51. The molecule has 1 aliphatic carbocycles. The van der Waals surface area contributed by atoms with Gasteiger partial charge in [-0.1, -0.05) is 11.6 Å². The molecule has 1 heterocycles. The molecule has 0 atom stereocenters. The number of nitrogens with two attached hydrogens (primary N) is 1. The summed E-state index contributed by atoms with van der Waals surface area (Å²) in [4.78, 5) is 31.3. The quantitative estimate of drug-likeness (QED) is 0.788. The lowest BCUT2D eigenvalue weighted by atomic mass is 9.87. The number of rotatable bonds is 5. The number of aliphatic carboxylic acids is 1. The van der Waals surface area contributed by atoms with Crippen LogP contribution in [-0.2, 0) is 4.79 Å². The predicted octanol–water partition coefficient (Wildman–Crippen LogP) is 3.53. The minimum atomic E-state index is -0.745. The Balaban J connectivity index is 1.79. The second kappa shape index (κ2) is 8.14. The molecule has 1 fully saturated rings. The summed E-state index contributed by atoms with van der Waals surface area (Å²) in [5, 5.41) is 9.51. The van der Waals surface area contributed by atoms with Gasteiger partial charge in [-0.05, 0) is 57.7 Å². The molecular weight excluding hydrogens is 382 g/mol. The van der Waals surface area contributed by atoms with E-state index in [1.54, 1.807) is 32.0 Å². The number of carboxylic acids is 1. The van der Waals surface area contributed by atoms with E-state index in [2.05, 4.69) is 9.97 Å². The fourth-order valence-corrected chi connectivity index (χ4v) is 3.71. The molecule has 1 aromatic carbocycles. The number of hydrogen-bond acceptors (Lipinski definition) is 5. The van der Waals surface area contributed by atoms with Crippen molar-refractivity contribution in [3.63, 3.8) is 0 Å². The van der Waals surface area contributed by atoms with Gasteiger partial charge in [-0.15, -0.1) is 0 Å². The molecule has 1 amide bonds. The van der Waals surface area contributed by atoms with Crippen LogP contribution in [0.2, 0.25) is 5.02 Å². The maximum atomic E-state index is 11.6. The second-order valence-electron chi connectivity index (χ2n) is 7.03. The molecule has 7 nitrogen and oxygen atoms in total. The Morgan fingerprint density at radius 3 is 2.39 bits per heavy atom. The molecule has 0 spiro atoms. The molecule has 0 radical (unpaired) electrons. The highest BCUT2D eigenvalue weighted by Crippen LogP contribution is 2.34. The van der Waals surface area contributed by atoms with Crippen molar-refractivity contribution >= 4 is 23.5 Å². The maximum absolute atomic E-state index is 11.6. The number of carbonyl (C=O) groups excluding carboxylic acids is 1. The zero-order valence-electron chi connectivity index (χ0n) is 15.7. The van der Waals surface area contributed by atoms with Gasteiger partial charge in [0.2, 0.25) is 0 Å². The molecule has 1 aliphatic rings. The number of halogens is 1. The third kappa shape index (κ3) is 4.25.